The zero-order valence-electron chi connectivity index (χ0n) is 12.0. The van der Waals surface area contributed by atoms with Crippen LogP contribution in [0.1, 0.15) is 31.4 Å². The molecule has 1 N–H and O–H groups in total. The van der Waals surface area contributed by atoms with E-state index in [0.717, 1.165) is 24.9 Å². The molecule has 2 rings (SSSR count). The van der Waals surface area contributed by atoms with E-state index in [4.69, 9.17) is 25.8 Å². The van der Waals surface area contributed by atoms with E-state index in [1.54, 1.807) is 7.11 Å². The molecule has 1 aliphatic heterocycles. The van der Waals surface area contributed by atoms with Crippen molar-refractivity contribution in [1.29, 1.82) is 0 Å². The molecule has 1 atom stereocenters. The van der Waals surface area contributed by atoms with Crippen molar-refractivity contribution in [3.8, 4) is 5.75 Å². The molecule has 4 nitrogen and oxygen atoms in total. The van der Waals surface area contributed by atoms with Gasteiger partial charge in [-0.3, -0.25) is 0 Å². The highest BCUT2D eigenvalue weighted by molar-refractivity contribution is 6.32. The third kappa shape index (κ3) is 4.09. The van der Waals surface area contributed by atoms with Crippen molar-refractivity contribution < 1.29 is 14.2 Å². The molecule has 1 unspecified atom stereocenters. The van der Waals surface area contributed by atoms with E-state index in [2.05, 4.69) is 12.2 Å². The molecule has 1 aromatic carbocycles. The Morgan fingerprint density at radius 3 is 2.80 bits per heavy atom. The van der Waals surface area contributed by atoms with Crippen LogP contribution >= 0.6 is 11.6 Å². The van der Waals surface area contributed by atoms with E-state index in [1.165, 1.54) is 0 Å². The SMILES string of the molecule is CCCNC(CC1OCCO1)c1ccc(Cl)c(OC)c1. The third-order valence-corrected chi connectivity index (χ3v) is 3.65. The molecule has 0 radical (unpaired) electrons. The van der Waals surface area contributed by atoms with Crippen molar-refractivity contribution in [3.05, 3.63) is 28.8 Å². The highest BCUT2D eigenvalue weighted by atomic mass is 35.5. The number of nitrogens with one attached hydrogen (secondary N) is 1. The fraction of sp³-hybridized carbons (Fsp3) is 0.600. The molecule has 0 saturated carbocycles. The first kappa shape index (κ1) is 15.6. The lowest BCUT2D eigenvalue weighted by Gasteiger charge is -2.22. The molecule has 1 aliphatic rings. The molecule has 0 aliphatic carbocycles. The van der Waals surface area contributed by atoms with Gasteiger partial charge >= 0.3 is 0 Å². The second-order valence-electron chi connectivity index (χ2n) is 4.81. The average Bonchev–Trinajstić information content (AvgIpc) is 2.97. The summed E-state index contributed by atoms with van der Waals surface area (Å²) in [5, 5.41) is 4.15. The summed E-state index contributed by atoms with van der Waals surface area (Å²) in [5.74, 6) is 0.695. The van der Waals surface area contributed by atoms with Crippen molar-refractivity contribution in [2.45, 2.75) is 32.1 Å². The number of rotatable bonds is 7. The van der Waals surface area contributed by atoms with Gasteiger partial charge in [0.25, 0.3) is 0 Å². The smallest absolute Gasteiger partial charge is 0.159 e. The highest BCUT2D eigenvalue weighted by Crippen LogP contribution is 2.30. The Hall–Kier alpha value is -0.810. The van der Waals surface area contributed by atoms with Crippen LogP contribution in [0, 0.1) is 0 Å². The molecule has 0 spiro atoms. The maximum Gasteiger partial charge on any atom is 0.159 e. The molecule has 0 amide bonds. The lowest BCUT2D eigenvalue weighted by atomic mass is 10.0. The number of hydrogen-bond donors (Lipinski definition) is 1. The minimum Gasteiger partial charge on any atom is -0.495 e. The molecule has 0 bridgehead atoms. The van der Waals surface area contributed by atoms with E-state index in [0.29, 0.717) is 24.0 Å². The fourth-order valence-electron chi connectivity index (χ4n) is 2.28. The summed E-state index contributed by atoms with van der Waals surface area (Å²) in [5.41, 5.74) is 1.14. The zero-order chi connectivity index (χ0) is 14.4. The van der Waals surface area contributed by atoms with E-state index < -0.39 is 0 Å². The molecular weight excluding hydrogens is 278 g/mol. The van der Waals surface area contributed by atoms with Gasteiger partial charge < -0.3 is 19.5 Å². The van der Waals surface area contributed by atoms with Gasteiger partial charge in [0.15, 0.2) is 6.29 Å². The van der Waals surface area contributed by atoms with Crippen LogP contribution in [0.2, 0.25) is 5.02 Å². The molecule has 1 fully saturated rings. The second-order valence-corrected chi connectivity index (χ2v) is 5.21. The van der Waals surface area contributed by atoms with E-state index in [9.17, 15) is 0 Å². The van der Waals surface area contributed by atoms with Crippen LogP contribution in [-0.4, -0.2) is 33.2 Å². The maximum atomic E-state index is 6.08. The quantitative estimate of drug-likeness (QED) is 0.839. The molecular formula is C15H22ClNO3. The number of ether oxygens (including phenoxy) is 3. The lowest BCUT2D eigenvalue weighted by molar-refractivity contribution is -0.0530. The van der Waals surface area contributed by atoms with Gasteiger partial charge in [-0.25, -0.2) is 0 Å². The Morgan fingerprint density at radius 1 is 1.40 bits per heavy atom. The van der Waals surface area contributed by atoms with Gasteiger partial charge in [0.05, 0.1) is 25.3 Å². The number of hydrogen-bond acceptors (Lipinski definition) is 4. The largest absolute Gasteiger partial charge is 0.495 e. The summed E-state index contributed by atoms with van der Waals surface area (Å²) in [6, 6.07) is 6.04. The highest BCUT2D eigenvalue weighted by Gasteiger charge is 2.22. The van der Waals surface area contributed by atoms with Crippen molar-refractivity contribution >= 4 is 11.6 Å². The summed E-state index contributed by atoms with van der Waals surface area (Å²) in [4.78, 5) is 0. The summed E-state index contributed by atoms with van der Waals surface area (Å²) in [6.07, 6.45) is 1.73. The van der Waals surface area contributed by atoms with Gasteiger partial charge in [-0.15, -0.1) is 0 Å². The van der Waals surface area contributed by atoms with Crippen LogP contribution < -0.4 is 10.1 Å². The van der Waals surface area contributed by atoms with Gasteiger partial charge in [-0.2, -0.15) is 0 Å². The minimum atomic E-state index is -0.133. The Balaban J connectivity index is 2.11. The first-order valence-corrected chi connectivity index (χ1v) is 7.42. The molecule has 1 aromatic rings. The molecule has 20 heavy (non-hydrogen) atoms. The van der Waals surface area contributed by atoms with Gasteiger partial charge in [0.2, 0.25) is 0 Å². The Kier molecular flexibility index (Phi) is 6.10. The topological polar surface area (TPSA) is 39.7 Å². The monoisotopic (exact) mass is 299 g/mol. The standard InChI is InChI=1S/C15H22ClNO3/c1-3-6-17-13(10-15-19-7-8-20-15)11-4-5-12(16)14(9-11)18-2/h4-5,9,13,15,17H,3,6-8,10H2,1-2H3. The average molecular weight is 300 g/mol. The number of benzene rings is 1. The third-order valence-electron chi connectivity index (χ3n) is 3.34. The summed E-state index contributed by atoms with van der Waals surface area (Å²) < 4.78 is 16.4. The van der Waals surface area contributed by atoms with Crippen molar-refractivity contribution in [1.82, 2.24) is 5.32 Å². The molecule has 0 aromatic heterocycles. The summed E-state index contributed by atoms with van der Waals surface area (Å²) in [7, 11) is 1.63. The van der Waals surface area contributed by atoms with Crippen LogP contribution in [-0.2, 0) is 9.47 Å². The molecule has 112 valence electrons. The fourth-order valence-corrected chi connectivity index (χ4v) is 2.48. The van der Waals surface area contributed by atoms with E-state index >= 15 is 0 Å². The minimum absolute atomic E-state index is 0.133. The molecule has 5 heteroatoms. The normalized spacial score (nSPS) is 17.4. The first-order valence-electron chi connectivity index (χ1n) is 7.04. The molecule has 1 saturated heterocycles. The Labute approximate surface area is 125 Å². The van der Waals surface area contributed by atoms with Crippen LogP contribution in [0.25, 0.3) is 0 Å². The van der Waals surface area contributed by atoms with Crippen LogP contribution in [0.15, 0.2) is 18.2 Å². The maximum absolute atomic E-state index is 6.08. The van der Waals surface area contributed by atoms with E-state index in [1.807, 2.05) is 18.2 Å². The predicted molar refractivity (Wildman–Crippen MR) is 79.3 cm³/mol. The zero-order valence-corrected chi connectivity index (χ0v) is 12.8. The summed E-state index contributed by atoms with van der Waals surface area (Å²) in [6.45, 7) is 4.45. The Morgan fingerprint density at radius 2 is 2.15 bits per heavy atom. The van der Waals surface area contributed by atoms with Crippen molar-refractivity contribution in [3.63, 3.8) is 0 Å². The van der Waals surface area contributed by atoms with Crippen molar-refractivity contribution in [2.75, 3.05) is 26.9 Å². The van der Waals surface area contributed by atoms with Gasteiger partial charge in [-0.1, -0.05) is 24.6 Å². The first-order chi connectivity index (χ1) is 9.74. The van der Waals surface area contributed by atoms with Gasteiger partial charge in [0.1, 0.15) is 5.75 Å². The lowest BCUT2D eigenvalue weighted by Crippen LogP contribution is -2.26. The summed E-state index contributed by atoms with van der Waals surface area (Å²) >= 11 is 6.08. The van der Waals surface area contributed by atoms with Gasteiger partial charge in [0, 0.05) is 12.5 Å². The van der Waals surface area contributed by atoms with Crippen LogP contribution in [0.4, 0.5) is 0 Å². The van der Waals surface area contributed by atoms with Crippen LogP contribution in [0.3, 0.4) is 0 Å². The van der Waals surface area contributed by atoms with Crippen LogP contribution in [0.5, 0.6) is 5.75 Å². The van der Waals surface area contributed by atoms with Gasteiger partial charge in [-0.05, 0) is 30.7 Å². The van der Waals surface area contributed by atoms with Crippen molar-refractivity contribution in [2.24, 2.45) is 0 Å². The number of halogens is 1. The second kappa shape index (κ2) is 7.84. The van der Waals surface area contributed by atoms with E-state index in [-0.39, 0.29) is 12.3 Å². The molecule has 1 heterocycles. The number of methoxy groups -OCH3 is 1. The predicted octanol–water partition coefficient (Wildman–Crippen LogP) is 3.15. The Bertz CT molecular complexity index is 422.